The van der Waals surface area contributed by atoms with Crippen molar-refractivity contribution in [1.29, 1.82) is 0 Å². The van der Waals surface area contributed by atoms with Gasteiger partial charge in [-0.25, -0.2) is 0 Å². The normalized spacial score (nSPS) is 20.3. The van der Waals surface area contributed by atoms with Crippen LogP contribution in [-0.2, 0) is 12.8 Å². The molecule has 0 bridgehead atoms. The predicted molar refractivity (Wildman–Crippen MR) is 98.1 cm³/mol. The van der Waals surface area contributed by atoms with E-state index in [1.54, 1.807) is 0 Å². The molecule has 0 radical (unpaired) electrons. The van der Waals surface area contributed by atoms with Gasteiger partial charge in [-0.05, 0) is 75.2 Å². The van der Waals surface area contributed by atoms with Crippen molar-refractivity contribution in [2.24, 2.45) is 10.7 Å². The summed E-state index contributed by atoms with van der Waals surface area (Å²) in [6.45, 7) is 5.47. The Labute approximate surface area is 140 Å². The van der Waals surface area contributed by atoms with E-state index in [4.69, 9.17) is 5.73 Å². The summed E-state index contributed by atoms with van der Waals surface area (Å²) in [5.41, 5.74) is 10.2. The molecule has 0 spiro atoms. The van der Waals surface area contributed by atoms with Crippen LogP contribution in [0.1, 0.15) is 50.2 Å². The van der Waals surface area contributed by atoms with Gasteiger partial charge in [0.1, 0.15) is 0 Å². The summed E-state index contributed by atoms with van der Waals surface area (Å²) >= 11 is 0. The van der Waals surface area contributed by atoms with Crippen molar-refractivity contribution in [1.82, 2.24) is 4.90 Å². The van der Waals surface area contributed by atoms with Crippen LogP contribution in [0.25, 0.3) is 0 Å². The van der Waals surface area contributed by atoms with Crippen LogP contribution in [0.5, 0.6) is 0 Å². The fourth-order valence-electron chi connectivity index (χ4n) is 3.89. The highest BCUT2D eigenvalue weighted by atomic mass is 15.2. The Hall–Kier alpha value is -1.55. The molecule has 1 atom stereocenters. The number of rotatable bonds is 5. The van der Waals surface area contributed by atoms with Gasteiger partial charge in [0.05, 0.1) is 6.54 Å². The molecule has 0 saturated carbocycles. The van der Waals surface area contributed by atoms with Gasteiger partial charge in [-0.2, -0.15) is 0 Å². The number of benzene rings is 1. The fraction of sp³-hybridized carbons (Fsp3) is 0.632. The molecule has 1 unspecified atom stereocenters. The van der Waals surface area contributed by atoms with Crippen LogP contribution in [0.15, 0.2) is 23.2 Å². The Morgan fingerprint density at radius 1 is 1.22 bits per heavy atom. The molecular weight excluding hydrogens is 284 g/mol. The molecule has 1 aromatic carbocycles. The number of hydrogen-bond acceptors (Lipinski definition) is 2. The molecule has 2 aliphatic rings. The summed E-state index contributed by atoms with van der Waals surface area (Å²) in [5, 5.41) is 3.35. The molecule has 126 valence electrons. The van der Waals surface area contributed by atoms with Gasteiger partial charge in [-0.15, -0.1) is 0 Å². The lowest BCUT2D eigenvalue weighted by molar-refractivity contribution is 0.242. The first-order valence-corrected chi connectivity index (χ1v) is 9.19. The van der Waals surface area contributed by atoms with Crippen LogP contribution in [-0.4, -0.2) is 36.5 Å². The van der Waals surface area contributed by atoms with Gasteiger partial charge >= 0.3 is 0 Å². The molecule has 1 aromatic rings. The van der Waals surface area contributed by atoms with Crippen molar-refractivity contribution >= 4 is 11.6 Å². The monoisotopic (exact) mass is 314 g/mol. The third kappa shape index (κ3) is 4.05. The van der Waals surface area contributed by atoms with Gasteiger partial charge in [0, 0.05) is 11.7 Å². The Morgan fingerprint density at radius 3 is 2.78 bits per heavy atom. The van der Waals surface area contributed by atoms with Gasteiger partial charge in [-0.3, -0.25) is 9.89 Å². The molecule has 0 amide bonds. The third-order valence-corrected chi connectivity index (χ3v) is 5.26. The summed E-state index contributed by atoms with van der Waals surface area (Å²) in [6.07, 6.45) is 8.70. The topological polar surface area (TPSA) is 53.6 Å². The molecule has 23 heavy (non-hydrogen) atoms. The maximum absolute atomic E-state index is 6.16. The lowest BCUT2D eigenvalue weighted by atomic mass is 9.90. The molecule has 3 N–H and O–H groups in total. The number of likely N-dealkylation sites (tertiary alicyclic amines) is 1. The molecule has 1 saturated heterocycles. The van der Waals surface area contributed by atoms with E-state index in [1.807, 2.05) is 0 Å². The van der Waals surface area contributed by atoms with Crippen LogP contribution in [0.3, 0.4) is 0 Å². The van der Waals surface area contributed by atoms with Crippen molar-refractivity contribution in [2.45, 2.75) is 57.9 Å². The Kier molecular flexibility index (Phi) is 5.55. The van der Waals surface area contributed by atoms with Crippen LogP contribution in [0.4, 0.5) is 5.69 Å². The van der Waals surface area contributed by atoms with Crippen LogP contribution in [0.2, 0.25) is 0 Å². The van der Waals surface area contributed by atoms with E-state index in [-0.39, 0.29) is 0 Å². The van der Waals surface area contributed by atoms with Gasteiger partial charge in [0.2, 0.25) is 0 Å². The minimum atomic E-state index is 0.530. The average molecular weight is 314 g/mol. The fourth-order valence-corrected chi connectivity index (χ4v) is 3.89. The van der Waals surface area contributed by atoms with Crippen molar-refractivity contribution in [3.8, 4) is 0 Å². The second-order valence-corrected chi connectivity index (χ2v) is 6.81. The first kappa shape index (κ1) is 16.3. The number of nitrogens with one attached hydrogen (secondary N) is 1. The maximum Gasteiger partial charge on any atom is 0.193 e. The number of nitrogens with zero attached hydrogens (tertiary/aromatic N) is 2. The zero-order chi connectivity index (χ0) is 16.1. The number of guanidine groups is 1. The summed E-state index contributed by atoms with van der Waals surface area (Å²) in [7, 11) is 0. The van der Waals surface area contributed by atoms with E-state index in [2.05, 4.69) is 40.3 Å². The SMILES string of the molecule is CCC(CN=C(N)Nc1cccc2c1CCCC2)N1CCCC1. The van der Waals surface area contributed by atoms with E-state index >= 15 is 0 Å². The molecule has 0 aromatic heterocycles. The Bertz CT molecular complexity index is 546. The first-order valence-electron chi connectivity index (χ1n) is 9.19. The number of anilines is 1. The molecule has 3 rings (SSSR count). The zero-order valence-corrected chi connectivity index (χ0v) is 14.4. The lowest BCUT2D eigenvalue weighted by Gasteiger charge is -2.25. The van der Waals surface area contributed by atoms with E-state index < -0.39 is 0 Å². The van der Waals surface area contributed by atoms with E-state index in [0.717, 1.165) is 25.1 Å². The largest absolute Gasteiger partial charge is 0.370 e. The van der Waals surface area contributed by atoms with Gasteiger partial charge in [0.15, 0.2) is 5.96 Å². The molecular formula is C19H30N4. The maximum atomic E-state index is 6.16. The number of aryl methyl sites for hydroxylation is 1. The van der Waals surface area contributed by atoms with Crippen LogP contribution in [0, 0.1) is 0 Å². The minimum Gasteiger partial charge on any atom is -0.370 e. The Morgan fingerprint density at radius 2 is 2.00 bits per heavy atom. The van der Waals surface area contributed by atoms with Crippen molar-refractivity contribution in [3.63, 3.8) is 0 Å². The van der Waals surface area contributed by atoms with Gasteiger partial charge in [-0.1, -0.05) is 19.1 Å². The molecule has 4 nitrogen and oxygen atoms in total. The van der Waals surface area contributed by atoms with Gasteiger partial charge < -0.3 is 11.1 Å². The highest BCUT2D eigenvalue weighted by molar-refractivity contribution is 5.93. The molecule has 1 fully saturated rings. The average Bonchev–Trinajstić information content (AvgIpc) is 3.10. The highest BCUT2D eigenvalue weighted by Crippen LogP contribution is 2.27. The molecule has 1 aliphatic heterocycles. The second-order valence-electron chi connectivity index (χ2n) is 6.81. The summed E-state index contributed by atoms with van der Waals surface area (Å²) in [6, 6.07) is 7.03. The third-order valence-electron chi connectivity index (χ3n) is 5.26. The van der Waals surface area contributed by atoms with Gasteiger partial charge in [0.25, 0.3) is 0 Å². The Balaban J connectivity index is 1.63. The van der Waals surface area contributed by atoms with E-state index in [1.165, 1.54) is 56.3 Å². The predicted octanol–water partition coefficient (Wildman–Crippen LogP) is 3.17. The number of hydrogen-bond donors (Lipinski definition) is 2. The van der Waals surface area contributed by atoms with Crippen molar-refractivity contribution in [3.05, 3.63) is 29.3 Å². The minimum absolute atomic E-state index is 0.530. The summed E-state index contributed by atoms with van der Waals surface area (Å²) in [4.78, 5) is 7.18. The highest BCUT2D eigenvalue weighted by Gasteiger charge is 2.20. The summed E-state index contributed by atoms with van der Waals surface area (Å²) < 4.78 is 0. The quantitative estimate of drug-likeness (QED) is 0.648. The molecule has 1 aliphatic carbocycles. The zero-order valence-electron chi connectivity index (χ0n) is 14.4. The van der Waals surface area contributed by atoms with Crippen molar-refractivity contribution in [2.75, 3.05) is 25.0 Å². The number of aliphatic imine (C=N–C) groups is 1. The standard InChI is InChI=1S/C19H30N4/c1-2-16(23-12-5-6-13-23)14-21-19(20)22-18-11-7-9-15-8-3-4-10-17(15)18/h7,9,11,16H,2-6,8,10,12-14H2,1H3,(H3,20,21,22). The van der Waals surface area contributed by atoms with Crippen molar-refractivity contribution < 1.29 is 0 Å². The number of fused-ring (bicyclic) bond motifs is 1. The van der Waals surface area contributed by atoms with E-state index in [0.29, 0.717) is 12.0 Å². The molecule has 1 heterocycles. The second kappa shape index (κ2) is 7.82. The lowest BCUT2D eigenvalue weighted by Crippen LogP contribution is -2.36. The first-order chi connectivity index (χ1) is 11.3. The van der Waals surface area contributed by atoms with Crippen LogP contribution >= 0.6 is 0 Å². The smallest absolute Gasteiger partial charge is 0.193 e. The molecule has 4 heteroatoms. The van der Waals surface area contributed by atoms with Crippen LogP contribution < -0.4 is 11.1 Å². The van der Waals surface area contributed by atoms with E-state index in [9.17, 15) is 0 Å². The summed E-state index contributed by atoms with van der Waals surface area (Å²) in [5.74, 6) is 0.557. The number of nitrogens with two attached hydrogens (primary N) is 1.